The van der Waals surface area contributed by atoms with E-state index in [0.29, 0.717) is 12.2 Å². The van der Waals surface area contributed by atoms with Gasteiger partial charge in [-0.05, 0) is 25.0 Å². The molecule has 2 aromatic rings. The second-order valence-electron chi connectivity index (χ2n) is 5.82. The topological polar surface area (TPSA) is 75.2 Å². The number of benzene rings is 1. The Kier molecular flexibility index (Phi) is 2.82. The average Bonchev–Trinajstić information content (AvgIpc) is 2.84. The number of amidine groups is 1. The van der Waals surface area contributed by atoms with Crippen molar-refractivity contribution in [3.8, 4) is 0 Å². The molecular weight excluding hydrogens is 264 g/mol. The lowest BCUT2D eigenvalue weighted by molar-refractivity contribution is 0.0302. The molecule has 0 saturated carbocycles. The molecule has 2 fully saturated rings. The molecule has 2 aliphatic heterocycles. The van der Waals surface area contributed by atoms with Crippen LogP contribution in [0.25, 0.3) is 10.9 Å². The Morgan fingerprint density at radius 3 is 2.67 bits per heavy atom. The van der Waals surface area contributed by atoms with Gasteiger partial charge in [-0.2, -0.15) is 0 Å². The summed E-state index contributed by atoms with van der Waals surface area (Å²) in [6, 6.07) is 9.79. The first-order valence-corrected chi connectivity index (χ1v) is 7.35. The molecule has 3 heterocycles. The molecule has 4 rings (SSSR count). The third-order valence-electron chi connectivity index (χ3n) is 4.36. The Balaban J connectivity index is 1.80. The number of pyridine rings is 1. The third kappa shape index (κ3) is 2.14. The van der Waals surface area contributed by atoms with Crippen molar-refractivity contribution >= 4 is 22.6 Å². The quantitative estimate of drug-likeness (QED) is 0.651. The van der Waals surface area contributed by atoms with E-state index in [4.69, 9.17) is 20.9 Å². The van der Waals surface area contributed by atoms with Crippen LogP contribution in [0.2, 0.25) is 0 Å². The van der Waals surface area contributed by atoms with Crippen LogP contribution in [0.3, 0.4) is 0 Å². The number of hydrogen-bond acceptors (Lipinski definition) is 4. The van der Waals surface area contributed by atoms with Crippen LogP contribution < -0.4 is 10.6 Å². The van der Waals surface area contributed by atoms with Crippen molar-refractivity contribution in [1.29, 1.82) is 5.41 Å². The molecule has 0 radical (unpaired) electrons. The number of rotatable bonds is 2. The number of hydrogen-bond donors (Lipinski definition) is 2. The monoisotopic (exact) mass is 282 g/mol. The van der Waals surface area contributed by atoms with Crippen molar-refractivity contribution in [1.82, 2.24) is 4.98 Å². The third-order valence-corrected chi connectivity index (χ3v) is 4.36. The lowest BCUT2D eigenvalue weighted by Gasteiger charge is -2.33. The first-order valence-electron chi connectivity index (χ1n) is 7.35. The summed E-state index contributed by atoms with van der Waals surface area (Å²) in [6.45, 7) is 1.75. The molecule has 3 N–H and O–H groups in total. The number of nitrogens with zero attached hydrogens (tertiary/aromatic N) is 2. The fraction of sp³-hybridized carbons (Fsp3) is 0.375. The second kappa shape index (κ2) is 4.70. The van der Waals surface area contributed by atoms with Crippen LogP contribution >= 0.6 is 0 Å². The van der Waals surface area contributed by atoms with Crippen LogP contribution in [0, 0.1) is 5.41 Å². The summed E-state index contributed by atoms with van der Waals surface area (Å²) in [4.78, 5) is 7.03. The highest BCUT2D eigenvalue weighted by atomic mass is 16.5. The Morgan fingerprint density at radius 2 is 1.95 bits per heavy atom. The van der Waals surface area contributed by atoms with Gasteiger partial charge in [0.05, 0.1) is 17.7 Å². The number of fused-ring (bicyclic) bond motifs is 3. The van der Waals surface area contributed by atoms with Gasteiger partial charge in [-0.15, -0.1) is 0 Å². The summed E-state index contributed by atoms with van der Waals surface area (Å²) >= 11 is 0. The lowest BCUT2D eigenvalue weighted by atomic mass is 10.1. The molecule has 2 aliphatic rings. The summed E-state index contributed by atoms with van der Waals surface area (Å²) in [6.07, 6.45) is 2.90. The van der Waals surface area contributed by atoms with E-state index in [1.165, 1.54) is 0 Å². The van der Waals surface area contributed by atoms with E-state index in [2.05, 4.69) is 4.90 Å². The minimum Gasteiger partial charge on any atom is -0.384 e. The normalized spacial score (nSPS) is 24.5. The van der Waals surface area contributed by atoms with Gasteiger partial charge in [-0.1, -0.05) is 18.2 Å². The highest BCUT2D eigenvalue weighted by Crippen LogP contribution is 2.30. The molecule has 108 valence electrons. The van der Waals surface area contributed by atoms with Gasteiger partial charge >= 0.3 is 0 Å². The number of nitrogens with one attached hydrogen (secondary N) is 1. The Bertz CT molecular complexity index is 702. The van der Waals surface area contributed by atoms with Crippen molar-refractivity contribution in [2.24, 2.45) is 5.73 Å². The zero-order chi connectivity index (χ0) is 14.4. The molecule has 2 atom stereocenters. The van der Waals surface area contributed by atoms with Crippen LogP contribution in [0.5, 0.6) is 0 Å². The first-order chi connectivity index (χ1) is 10.2. The van der Waals surface area contributed by atoms with Crippen LogP contribution in [0.4, 0.5) is 5.82 Å². The van der Waals surface area contributed by atoms with E-state index in [9.17, 15) is 0 Å². The summed E-state index contributed by atoms with van der Waals surface area (Å²) < 4.78 is 5.88. The largest absolute Gasteiger partial charge is 0.384 e. The molecule has 2 unspecified atom stereocenters. The SMILES string of the molecule is N=C(N)c1cc(N2CC3CCC(C2)O3)nc2ccccc12. The maximum absolute atomic E-state index is 7.83. The molecule has 0 spiro atoms. The van der Waals surface area contributed by atoms with Gasteiger partial charge < -0.3 is 15.4 Å². The van der Waals surface area contributed by atoms with Crippen LogP contribution in [-0.4, -0.2) is 36.1 Å². The van der Waals surface area contributed by atoms with Crippen LogP contribution in [-0.2, 0) is 4.74 Å². The fourth-order valence-electron chi connectivity index (χ4n) is 3.35. The number of nitrogens with two attached hydrogens (primary N) is 1. The summed E-state index contributed by atoms with van der Waals surface area (Å²) in [5.74, 6) is 0.991. The highest BCUT2D eigenvalue weighted by Gasteiger charge is 2.34. The average molecular weight is 282 g/mol. The molecule has 21 heavy (non-hydrogen) atoms. The molecule has 5 nitrogen and oxygen atoms in total. The Hall–Kier alpha value is -2.14. The minimum absolute atomic E-state index is 0.0890. The highest BCUT2D eigenvalue weighted by molar-refractivity contribution is 6.07. The van der Waals surface area contributed by atoms with Crippen molar-refractivity contribution in [3.05, 3.63) is 35.9 Å². The van der Waals surface area contributed by atoms with Crippen molar-refractivity contribution in [2.75, 3.05) is 18.0 Å². The number of aromatic nitrogens is 1. The number of ether oxygens (including phenoxy) is 1. The molecule has 0 amide bonds. The number of para-hydroxylation sites is 1. The van der Waals surface area contributed by atoms with Gasteiger partial charge in [0, 0.05) is 24.0 Å². The van der Waals surface area contributed by atoms with Gasteiger partial charge in [-0.3, -0.25) is 5.41 Å². The van der Waals surface area contributed by atoms with E-state index < -0.39 is 0 Å². The number of morpholine rings is 1. The van der Waals surface area contributed by atoms with Gasteiger partial charge in [-0.25, -0.2) is 4.98 Å². The fourth-order valence-corrected chi connectivity index (χ4v) is 3.35. The molecule has 1 aromatic heterocycles. The zero-order valence-corrected chi connectivity index (χ0v) is 11.7. The Morgan fingerprint density at radius 1 is 1.24 bits per heavy atom. The molecule has 2 bridgehead atoms. The van der Waals surface area contributed by atoms with E-state index in [-0.39, 0.29) is 5.84 Å². The number of anilines is 1. The molecular formula is C16H18N4O. The molecule has 2 saturated heterocycles. The molecule has 0 aliphatic carbocycles. The van der Waals surface area contributed by atoms with Gasteiger partial charge in [0.2, 0.25) is 0 Å². The van der Waals surface area contributed by atoms with E-state index in [1.54, 1.807) is 0 Å². The van der Waals surface area contributed by atoms with E-state index >= 15 is 0 Å². The first kappa shape index (κ1) is 12.6. The molecule has 1 aromatic carbocycles. The van der Waals surface area contributed by atoms with Crippen molar-refractivity contribution in [3.63, 3.8) is 0 Å². The van der Waals surface area contributed by atoms with Gasteiger partial charge in [0.1, 0.15) is 11.7 Å². The Labute approximate surface area is 123 Å². The lowest BCUT2D eigenvalue weighted by Crippen LogP contribution is -2.43. The van der Waals surface area contributed by atoms with E-state index in [1.807, 2.05) is 30.3 Å². The maximum Gasteiger partial charge on any atom is 0.130 e. The summed E-state index contributed by atoms with van der Waals surface area (Å²) in [5, 5.41) is 8.76. The van der Waals surface area contributed by atoms with Gasteiger partial charge in [0.15, 0.2) is 0 Å². The van der Waals surface area contributed by atoms with Crippen molar-refractivity contribution < 1.29 is 4.74 Å². The van der Waals surface area contributed by atoms with E-state index in [0.717, 1.165) is 48.2 Å². The number of nitrogen functional groups attached to an aromatic ring is 1. The predicted octanol–water partition coefficient (Wildman–Crippen LogP) is 1.89. The van der Waals surface area contributed by atoms with Gasteiger partial charge in [0.25, 0.3) is 0 Å². The van der Waals surface area contributed by atoms with Crippen LogP contribution in [0.1, 0.15) is 18.4 Å². The maximum atomic E-state index is 7.83. The molecule has 5 heteroatoms. The summed E-state index contributed by atoms with van der Waals surface area (Å²) in [5.41, 5.74) is 7.40. The van der Waals surface area contributed by atoms with Crippen LogP contribution in [0.15, 0.2) is 30.3 Å². The smallest absolute Gasteiger partial charge is 0.130 e. The second-order valence-corrected chi connectivity index (χ2v) is 5.82. The van der Waals surface area contributed by atoms with Crippen molar-refractivity contribution in [2.45, 2.75) is 25.0 Å². The summed E-state index contributed by atoms with van der Waals surface area (Å²) in [7, 11) is 0. The standard InChI is InChI=1S/C16H18N4O/c17-16(18)13-7-15(19-14-4-2-1-3-12(13)14)20-8-10-5-6-11(9-20)21-10/h1-4,7,10-11H,5-6,8-9H2,(H3,17,18). The minimum atomic E-state index is 0.0890. The predicted molar refractivity (Wildman–Crippen MR) is 82.9 cm³/mol. The zero-order valence-electron chi connectivity index (χ0n) is 11.7.